The molecular weight excluding hydrogens is 502 g/mol. The van der Waals surface area contributed by atoms with Gasteiger partial charge in [-0.15, -0.1) is 0 Å². The lowest BCUT2D eigenvalue weighted by atomic mass is 9.93. The molecule has 7 nitrogen and oxygen atoms in total. The molecule has 0 radical (unpaired) electrons. The summed E-state index contributed by atoms with van der Waals surface area (Å²) >= 11 is 6.11. The van der Waals surface area contributed by atoms with Crippen LogP contribution in [-0.4, -0.2) is 37.7 Å². The second-order valence-electron chi connectivity index (χ2n) is 8.03. The molecule has 1 aromatic carbocycles. The Bertz CT molecular complexity index is 1250. The Labute approximate surface area is 199 Å². The van der Waals surface area contributed by atoms with Crippen LogP contribution in [0.4, 0.5) is 32.3 Å². The van der Waals surface area contributed by atoms with E-state index in [1.807, 2.05) is 6.07 Å². The Balaban J connectivity index is 1.85. The molecule has 2 N–H and O–H groups in total. The van der Waals surface area contributed by atoms with E-state index in [2.05, 4.69) is 19.9 Å². The first kappa shape index (κ1) is 25.0. The summed E-state index contributed by atoms with van der Waals surface area (Å²) in [4.78, 5) is 13.6. The smallest absolute Gasteiger partial charge is 0.393 e. The van der Waals surface area contributed by atoms with Crippen LogP contribution in [0.1, 0.15) is 48.2 Å². The predicted molar refractivity (Wildman–Crippen MR) is 112 cm³/mol. The van der Waals surface area contributed by atoms with Crippen LogP contribution in [0.5, 0.6) is 0 Å². The van der Waals surface area contributed by atoms with Gasteiger partial charge in [0.25, 0.3) is 0 Å². The van der Waals surface area contributed by atoms with E-state index in [9.17, 15) is 31.4 Å². The second-order valence-corrected chi connectivity index (χ2v) is 8.47. The summed E-state index contributed by atoms with van der Waals surface area (Å²) in [5, 5.41) is 20.5. The third-order valence-corrected chi connectivity index (χ3v) is 5.92. The Kier molecular flexibility index (Phi) is 6.54. The number of benzene rings is 1. The molecule has 14 heteroatoms. The summed E-state index contributed by atoms with van der Waals surface area (Å²) in [6.45, 7) is -0.0271. The minimum atomic E-state index is -5.24. The van der Waals surface area contributed by atoms with Crippen molar-refractivity contribution >= 4 is 28.5 Å². The zero-order valence-corrected chi connectivity index (χ0v) is 18.5. The number of anilines is 1. The lowest BCUT2D eigenvalue weighted by Crippen LogP contribution is -2.39. The van der Waals surface area contributed by atoms with Gasteiger partial charge in [-0.05, 0) is 43.0 Å². The van der Waals surface area contributed by atoms with Gasteiger partial charge in [-0.25, -0.2) is 4.98 Å². The number of nitriles is 1. The number of fused-ring (bicyclic) bond motifs is 3. The molecule has 0 fully saturated rings. The molecule has 0 spiro atoms. The minimum absolute atomic E-state index is 0.0191. The van der Waals surface area contributed by atoms with E-state index >= 15 is 0 Å². The highest BCUT2D eigenvalue weighted by atomic mass is 35.5. The van der Waals surface area contributed by atoms with Crippen LogP contribution in [-0.2, 0) is 18.8 Å². The number of aromatic amines is 1. The quantitative estimate of drug-likeness (QED) is 0.450. The number of hydrogen-bond acceptors (Lipinski definition) is 6. The normalized spacial score (nSPS) is 17.3. The molecule has 3 aromatic rings. The molecular formula is C21H17ClF6N6O. The van der Waals surface area contributed by atoms with Gasteiger partial charge in [0.05, 0.1) is 18.2 Å². The second kappa shape index (κ2) is 9.16. The van der Waals surface area contributed by atoms with Crippen LogP contribution in [0.15, 0.2) is 18.2 Å². The number of halogens is 7. The van der Waals surface area contributed by atoms with Crippen molar-refractivity contribution in [1.29, 1.82) is 5.26 Å². The molecule has 1 aliphatic heterocycles. The van der Waals surface area contributed by atoms with E-state index in [4.69, 9.17) is 16.9 Å². The van der Waals surface area contributed by atoms with Crippen LogP contribution in [0, 0.1) is 11.3 Å². The zero-order valence-electron chi connectivity index (χ0n) is 17.8. The number of aliphatic hydroxyl groups is 1. The maximum atomic E-state index is 13.3. The summed E-state index contributed by atoms with van der Waals surface area (Å²) in [6.07, 6.45) is -11.3. The average Bonchev–Trinajstić information content (AvgIpc) is 3.14. The van der Waals surface area contributed by atoms with Gasteiger partial charge in [-0.2, -0.15) is 41.6 Å². The standard InChI is InChI=1S/C21H17ClF6N6O/c22-10-3-4-14-13(8-10)12-5-7-34(15(16(12)30-14)9-11(35)2-1-6-29)19-32-17(20(23,24)25)31-18(33-19)21(26,27)28/h3-4,8,11,15,30,35H,1-2,5,7,9H2/t11-,15+/m1/s1. The number of rotatable bonds is 5. The van der Waals surface area contributed by atoms with Crippen LogP contribution >= 0.6 is 11.6 Å². The first-order valence-electron chi connectivity index (χ1n) is 10.4. The van der Waals surface area contributed by atoms with Crippen LogP contribution < -0.4 is 4.90 Å². The maximum absolute atomic E-state index is 13.3. The van der Waals surface area contributed by atoms with E-state index in [1.54, 1.807) is 18.2 Å². The molecule has 0 amide bonds. The van der Waals surface area contributed by atoms with E-state index < -0.39 is 42.1 Å². The van der Waals surface area contributed by atoms with E-state index in [0.717, 1.165) is 10.9 Å². The number of nitrogens with zero attached hydrogens (tertiary/aromatic N) is 5. The third-order valence-electron chi connectivity index (χ3n) is 5.69. The van der Waals surface area contributed by atoms with Gasteiger partial charge in [0.2, 0.25) is 17.6 Å². The fraction of sp³-hybridized carbons (Fsp3) is 0.429. The summed E-state index contributed by atoms with van der Waals surface area (Å²) in [5.74, 6) is -4.74. The van der Waals surface area contributed by atoms with Crippen molar-refractivity contribution in [3.63, 3.8) is 0 Å². The highest BCUT2D eigenvalue weighted by Crippen LogP contribution is 2.41. The number of aliphatic hydroxyl groups excluding tert-OH is 1. The van der Waals surface area contributed by atoms with Gasteiger partial charge in [-0.1, -0.05) is 11.6 Å². The topological polar surface area (TPSA) is 102 Å². The molecule has 2 aromatic heterocycles. The monoisotopic (exact) mass is 518 g/mol. The van der Waals surface area contributed by atoms with Gasteiger partial charge < -0.3 is 15.0 Å². The van der Waals surface area contributed by atoms with Crippen molar-refractivity contribution in [2.24, 2.45) is 0 Å². The Morgan fingerprint density at radius 3 is 2.40 bits per heavy atom. The third kappa shape index (κ3) is 5.13. The number of nitrogens with one attached hydrogen (secondary N) is 1. The fourth-order valence-corrected chi connectivity index (χ4v) is 4.35. The van der Waals surface area contributed by atoms with Crippen molar-refractivity contribution < 1.29 is 31.4 Å². The van der Waals surface area contributed by atoms with Crippen LogP contribution in [0.3, 0.4) is 0 Å². The molecule has 2 atom stereocenters. The molecule has 3 heterocycles. The van der Waals surface area contributed by atoms with E-state index in [-0.39, 0.29) is 32.2 Å². The van der Waals surface area contributed by atoms with E-state index in [1.165, 1.54) is 4.90 Å². The number of aromatic nitrogens is 4. The van der Waals surface area contributed by atoms with Crippen LogP contribution in [0.2, 0.25) is 5.02 Å². The molecule has 0 bridgehead atoms. The lowest BCUT2D eigenvalue weighted by molar-refractivity contribution is -0.155. The minimum Gasteiger partial charge on any atom is -0.393 e. The Hall–Kier alpha value is -3.11. The number of hydrogen-bond donors (Lipinski definition) is 2. The summed E-state index contributed by atoms with van der Waals surface area (Å²) in [5.41, 5.74) is 1.94. The number of H-pyrrole nitrogens is 1. The van der Waals surface area contributed by atoms with Gasteiger partial charge in [-0.3, -0.25) is 0 Å². The SMILES string of the molecule is N#CCC[C@@H](O)C[C@H]1c2[nH]c3ccc(Cl)cc3c2CCN1c1nc(C(F)(F)F)nc(C(F)(F)F)n1. The van der Waals surface area contributed by atoms with Crippen molar-refractivity contribution in [3.05, 3.63) is 46.1 Å². The Morgan fingerprint density at radius 1 is 1.14 bits per heavy atom. The van der Waals surface area contributed by atoms with Gasteiger partial charge in [0, 0.05) is 34.6 Å². The molecule has 0 unspecified atom stereocenters. The highest BCUT2D eigenvalue weighted by Gasteiger charge is 2.43. The first-order chi connectivity index (χ1) is 16.4. The van der Waals surface area contributed by atoms with Crippen LogP contribution in [0.25, 0.3) is 10.9 Å². The zero-order chi connectivity index (χ0) is 25.5. The molecule has 0 saturated carbocycles. The summed E-state index contributed by atoms with van der Waals surface area (Å²) in [6, 6.07) is 6.04. The molecule has 0 saturated heterocycles. The fourth-order valence-electron chi connectivity index (χ4n) is 4.18. The Morgan fingerprint density at radius 2 is 1.80 bits per heavy atom. The molecule has 4 rings (SSSR count). The maximum Gasteiger partial charge on any atom is 0.451 e. The van der Waals surface area contributed by atoms with Crippen molar-refractivity contribution in [2.75, 3.05) is 11.4 Å². The van der Waals surface area contributed by atoms with Crippen molar-refractivity contribution in [3.8, 4) is 6.07 Å². The summed E-state index contributed by atoms with van der Waals surface area (Å²) < 4.78 is 80.0. The molecule has 0 aliphatic carbocycles. The molecule has 1 aliphatic rings. The van der Waals surface area contributed by atoms with Gasteiger partial charge >= 0.3 is 12.4 Å². The average molecular weight is 519 g/mol. The van der Waals surface area contributed by atoms with Gasteiger partial charge in [0.1, 0.15) is 0 Å². The molecule has 186 valence electrons. The van der Waals surface area contributed by atoms with Crippen molar-refractivity contribution in [1.82, 2.24) is 19.9 Å². The first-order valence-corrected chi connectivity index (χ1v) is 10.8. The summed E-state index contributed by atoms with van der Waals surface area (Å²) in [7, 11) is 0. The number of alkyl halides is 6. The van der Waals surface area contributed by atoms with Gasteiger partial charge in [0.15, 0.2) is 0 Å². The van der Waals surface area contributed by atoms with E-state index in [0.29, 0.717) is 16.2 Å². The van der Waals surface area contributed by atoms with Crippen molar-refractivity contribution in [2.45, 2.75) is 50.2 Å². The lowest BCUT2D eigenvalue weighted by Gasteiger charge is -2.37. The predicted octanol–water partition coefficient (Wildman–Crippen LogP) is 5.20. The largest absolute Gasteiger partial charge is 0.451 e. The highest BCUT2D eigenvalue weighted by molar-refractivity contribution is 6.31. The molecule has 35 heavy (non-hydrogen) atoms.